The van der Waals surface area contributed by atoms with Gasteiger partial charge in [0.25, 0.3) is 0 Å². The van der Waals surface area contributed by atoms with Gasteiger partial charge < -0.3 is 9.84 Å². The summed E-state index contributed by atoms with van der Waals surface area (Å²) >= 11 is 0. The van der Waals surface area contributed by atoms with E-state index in [-0.39, 0.29) is 17.3 Å². The summed E-state index contributed by atoms with van der Waals surface area (Å²) in [5, 5.41) is 10.3. The number of esters is 1. The molecular formula is C21H30O3. The summed E-state index contributed by atoms with van der Waals surface area (Å²) in [5.74, 6) is 0.929. The van der Waals surface area contributed by atoms with Gasteiger partial charge in [-0.1, -0.05) is 27.2 Å². The van der Waals surface area contributed by atoms with Crippen LogP contribution >= 0.6 is 0 Å². The van der Waals surface area contributed by atoms with Crippen molar-refractivity contribution >= 4 is 5.97 Å². The van der Waals surface area contributed by atoms with E-state index in [1.165, 1.54) is 23.8 Å². The molecule has 3 nitrogen and oxygen atoms in total. The SMILES string of the molecule is COC(=O)[C@@]1(C)CCC[C@]2(C)c3cc(O)cc(C(C)C)c3CC[C@@H]12. The van der Waals surface area contributed by atoms with Crippen molar-refractivity contribution in [2.75, 3.05) is 7.11 Å². The van der Waals surface area contributed by atoms with E-state index < -0.39 is 5.41 Å². The Hall–Kier alpha value is -1.51. The molecule has 0 radical (unpaired) electrons. The standard InChI is InChI=1S/C21H30O3/c1-13(2)16-11-14(22)12-17-15(16)7-8-18-20(17,3)9-6-10-21(18,4)19(23)24-5/h11-13,18,22H,6-10H2,1-5H3/t18-,20-,21+/m1/s1. The molecule has 1 aromatic carbocycles. The van der Waals surface area contributed by atoms with Crippen LogP contribution in [0.2, 0.25) is 0 Å². The molecule has 1 N–H and O–H groups in total. The van der Waals surface area contributed by atoms with Gasteiger partial charge in [-0.25, -0.2) is 0 Å². The number of carbonyl (C=O) groups is 1. The van der Waals surface area contributed by atoms with Gasteiger partial charge in [0.2, 0.25) is 0 Å². The highest BCUT2D eigenvalue weighted by Gasteiger charge is 2.55. The Morgan fingerprint density at radius 1 is 1.29 bits per heavy atom. The predicted octanol–water partition coefficient (Wildman–Crippen LogP) is 4.70. The number of rotatable bonds is 2. The van der Waals surface area contributed by atoms with Gasteiger partial charge in [-0.05, 0) is 78.7 Å². The highest BCUT2D eigenvalue weighted by Crippen LogP contribution is 2.58. The average Bonchev–Trinajstić information content (AvgIpc) is 2.53. The molecule has 0 unspecified atom stereocenters. The first-order valence-electron chi connectivity index (χ1n) is 9.18. The Labute approximate surface area is 145 Å². The van der Waals surface area contributed by atoms with Gasteiger partial charge in [-0.15, -0.1) is 0 Å². The van der Waals surface area contributed by atoms with E-state index >= 15 is 0 Å². The number of fused-ring (bicyclic) bond motifs is 3. The molecule has 132 valence electrons. The van der Waals surface area contributed by atoms with Crippen molar-refractivity contribution in [1.29, 1.82) is 0 Å². The Kier molecular flexibility index (Phi) is 4.17. The van der Waals surface area contributed by atoms with Gasteiger partial charge in [-0.3, -0.25) is 4.79 Å². The first-order chi connectivity index (χ1) is 11.2. The number of hydrogen-bond donors (Lipinski definition) is 1. The van der Waals surface area contributed by atoms with Crippen LogP contribution in [0.1, 0.15) is 76.0 Å². The minimum Gasteiger partial charge on any atom is -0.508 e. The lowest BCUT2D eigenvalue weighted by Gasteiger charge is -2.54. The monoisotopic (exact) mass is 330 g/mol. The maximum absolute atomic E-state index is 12.6. The molecule has 1 aromatic rings. The van der Waals surface area contributed by atoms with Crippen molar-refractivity contribution in [1.82, 2.24) is 0 Å². The van der Waals surface area contributed by atoms with Crippen LogP contribution in [0.3, 0.4) is 0 Å². The van der Waals surface area contributed by atoms with Gasteiger partial charge in [-0.2, -0.15) is 0 Å². The summed E-state index contributed by atoms with van der Waals surface area (Å²) < 4.78 is 5.17. The summed E-state index contributed by atoms with van der Waals surface area (Å²) in [6.45, 7) is 8.74. The van der Waals surface area contributed by atoms with E-state index in [2.05, 4.69) is 27.7 Å². The fourth-order valence-electron chi connectivity index (χ4n) is 5.58. The fraction of sp³-hybridized carbons (Fsp3) is 0.667. The molecule has 0 amide bonds. The second kappa shape index (κ2) is 5.79. The van der Waals surface area contributed by atoms with Crippen LogP contribution in [0.5, 0.6) is 5.75 Å². The Morgan fingerprint density at radius 3 is 2.62 bits per heavy atom. The quantitative estimate of drug-likeness (QED) is 0.800. The molecule has 0 aliphatic heterocycles. The van der Waals surface area contributed by atoms with E-state index in [9.17, 15) is 9.90 Å². The van der Waals surface area contributed by atoms with Crippen LogP contribution in [0.4, 0.5) is 0 Å². The molecule has 3 rings (SSSR count). The number of phenols is 1. The minimum atomic E-state index is -0.428. The van der Waals surface area contributed by atoms with Crippen molar-refractivity contribution in [3.05, 3.63) is 28.8 Å². The molecule has 0 bridgehead atoms. The molecule has 0 aromatic heterocycles. The maximum atomic E-state index is 12.6. The van der Waals surface area contributed by atoms with Crippen LogP contribution in [0.15, 0.2) is 12.1 Å². The van der Waals surface area contributed by atoms with Crippen molar-refractivity contribution in [2.45, 2.75) is 71.1 Å². The summed E-state index contributed by atoms with van der Waals surface area (Å²) in [7, 11) is 1.50. The highest BCUT2D eigenvalue weighted by atomic mass is 16.5. The van der Waals surface area contributed by atoms with Crippen LogP contribution in [-0.4, -0.2) is 18.2 Å². The Morgan fingerprint density at radius 2 is 2.00 bits per heavy atom. The van der Waals surface area contributed by atoms with Crippen molar-refractivity contribution < 1.29 is 14.6 Å². The largest absolute Gasteiger partial charge is 0.508 e. The average molecular weight is 330 g/mol. The smallest absolute Gasteiger partial charge is 0.311 e. The van der Waals surface area contributed by atoms with Crippen molar-refractivity contribution in [3.8, 4) is 5.75 Å². The van der Waals surface area contributed by atoms with E-state index in [0.29, 0.717) is 11.7 Å². The third-order valence-corrected chi connectivity index (χ3v) is 6.77. The molecule has 0 spiro atoms. The second-order valence-corrected chi connectivity index (χ2v) is 8.49. The molecule has 24 heavy (non-hydrogen) atoms. The van der Waals surface area contributed by atoms with Gasteiger partial charge in [0.15, 0.2) is 0 Å². The molecule has 1 saturated carbocycles. The molecular weight excluding hydrogens is 300 g/mol. The molecule has 2 aliphatic carbocycles. The van der Waals surface area contributed by atoms with Gasteiger partial charge in [0.05, 0.1) is 12.5 Å². The normalized spacial score (nSPS) is 32.2. The number of phenolic OH excluding ortho intramolecular Hbond substituents is 1. The fourth-order valence-corrected chi connectivity index (χ4v) is 5.58. The van der Waals surface area contributed by atoms with E-state index in [4.69, 9.17) is 4.74 Å². The maximum Gasteiger partial charge on any atom is 0.311 e. The number of aromatic hydroxyl groups is 1. The van der Waals surface area contributed by atoms with Crippen LogP contribution in [0.25, 0.3) is 0 Å². The number of ether oxygens (including phenoxy) is 1. The third-order valence-electron chi connectivity index (χ3n) is 6.77. The molecule has 3 heteroatoms. The Bertz CT molecular complexity index is 663. The van der Waals surface area contributed by atoms with Gasteiger partial charge in [0, 0.05) is 0 Å². The molecule has 0 saturated heterocycles. The second-order valence-electron chi connectivity index (χ2n) is 8.49. The van der Waals surface area contributed by atoms with Crippen molar-refractivity contribution in [2.24, 2.45) is 11.3 Å². The van der Waals surface area contributed by atoms with E-state index in [1.54, 1.807) is 0 Å². The molecule has 2 aliphatic rings. The van der Waals surface area contributed by atoms with E-state index in [0.717, 1.165) is 32.1 Å². The van der Waals surface area contributed by atoms with Crippen LogP contribution in [-0.2, 0) is 21.4 Å². The zero-order chi connectivity index (χ0) is 17.7. The summed E-state index contributed by atoms with van der Waals surface area (Å²) in [6.07, 6.45) is 4.98. The number of benzene rings is 1. The first-order valence-corrected chi connectivity index (χ1v) is 9.18. The van der Waals surface area contributed by atoms with E-state index in [1.807, 2.05) is 12.1 Å². The number of methoxy groups -OCH3 is 1. The van der Waals surface area contributed by atoms with Crippen LogP contribution in [0, 0.1) is 11.3 Å². The number of hydrogen-bond acceptors (Lipinski definition) is 3. The molecule has 1 fully saturated rings. The van der Waals surface area contributed by atoms with Gasteiger partial charge >= 0.3 is 5.97 Å². The highest BCUT2D eigenvalue weighted by molar-refractivity contribution is 5.77. The molecule has 0 heterocycles. The lowest BCUT2D eigenvalue weighted by Crippen LogP contribution is -2.52. The first kappa shape index (κ1) is 17.3. The third kappa shape index (κ3) is 2.35. The zero-order valence-electron chi connectivity index (χ0n) is 15.6. The summed E-state index contributed by atoms with van der Waals surface area (Å²) in [6, 6.07) is 3.88. The molecule has 3 atom stereocenters. The lowest BCUT2D eigenvalue weighted by molar-refractivity contribution is -0.161. The summed E-state index contributed by atoms with van der Waals surface area (Å²) in [4.78, 5) is 12.6. The Balaban J connectivity index is 2.16. The predicted molar refractivity (Wildman–Crippen MR) is 95.3 cm³/mol. The lowest BCUT2D eigenvalue weighted by atomic mass is 9.49. The van der Waals surface area contributed by atoms with Crippen LogP contribution < -0.4 is 0 Å². The zero-order valence-corrected chi connectivity index (χ0v) is 15.6. The van der Waals surface area contributed by atoms with Crippen molar-refractivity contribution in [3.63, 3.8) is 0 Å². The number of carbonyl (C=O) groups excluding carboxylic acids is 1. The topological polar surface area (TPSA) is 46.5 Å². The summed E-state index contributed by atoms with van der Waals surface area (Å²) in [5.41, 5.74) is 3.42. The minimum absolute atomic E-state index is 0.0723. The van der Waals surface area contributed by atoms with Gasteiger partial charge in [0.1, 0.15) is 5.75 Å².